The van der Waals surface area contributed by atoms with Crippen LogP contribution in [0.4, 0.5) is 0 Å². The topological polar surface area (TPSA) is 38.1 Å². The van der Waals surface area contributed by atoms with Gasteiger partial charge in [-0.05, 0) is 24.9 Å². The molecule has 3 heteroatoms. The monoisotopic (exact) mass is 224 g/mol. The zero-order chi connectivity index (χ0) is 12.0. The summed E-state index contributed by atoms with van der Waals surface area (Å²) in [6.45, 7) is 10.8. The lowest BCUT2D eigenvalue weighted by atomic mass is 9.91. The fourth-order valence-electron chi connectivity index (χ4n) is 1.61. The number of nitrogens with one attached hydrogen (secondary N) is 1. The first-order chi connectivity index (χ1) is 7.51. The van der Waals surface area contributed by atoms with Gasteiger partial charge >= 0.3 is 0 Å². The van der Waals surface area contributed by atoms with Crippen LogP contribution in [0.5, 0.6) is 0 Å². The highest BCUT2D eigenvalue weighted by Gasteiger charge is 2.14. The summed E-state index contributed by atoms with van der Waals surface area (Å²) >= 11 is 0. The van der Waals surface area contributed by atoms with Crippen molar-refractivity contribution in [3.8, 4) is 0 Å². The molecule has 1 N–H and O–H groups in total. The van der Waals surface area contributed by atoms with Gasteiger partial charge in [0.2, 0.25) is 0 Å². The summed E-state index contributed by atoms with van der Waals surface area (Å²) in [7, 11) is 0. The number of nitrogens with zero attached hydrogens (tertiary/aromatic N) is 1. The van der Waals surface area contributed by atoms with E-state index in [0.717, 1.165) is 44.0 Å². The van der Waals surface area contributed by atoms with Gasteiger partial charge in [-0.2, -0.15) is 0 Å². The summed E-state index contributed by atoms with van der Waals surface area (Å²) in [6.07, 6.45) is 4.83. The zero-order valence-corrected chi connectivity index (χ0v) is 11.0. The van der Waals surface area contributed by atoms with Crippen molar-refractivity contribution in [2.24, 2.45) is 5.41 Å². The summed E-state index contributed by atoms with van der Waals surface area (Å²) in [6, 6.07) is 0. The van der Waals surface area contributed by atoms with Crippen molar-refractivity contribution < 1.29 is 4.42 Å². The molecule has 0 aliphatic rings. The molecule has 1 aromatic heterocycles. The fraction of sp³-hybridized carbons (Fsp3) is 0.769. The van der Waals surface area contributed by atoms with E-state index in [4.69, 9.17) is 4.42 Å². The molecule has 0 atom stereocenters. The van der Waals surface area contributed by atoms with E-state index < -0.39 is 0 Å². The highest BCUT2D eigenvalue weighted by atomic mass is 16.4. The Bertz CT molecular complexity index is 299. The Labute approximate surface area is 98.6 Å². The molecule has 0 aliphatic heterocycles. The van der Waals surface area contributed by atoms with E-state index >= 15 is 0 Å². The number of aromatic nitrogens is 1. The van der Waals surface area contributed by atoms with Gasteiger partial charge in [-0.3, -0.25) is 0 Å². The normalized spacial score (nSPS) is 12.0. The van der Waals surface area contributed by atoms with E-state index in [1.54, 1.807) is 0 Å². The average molecular weight is 224 g/mol. The van der Waals surface area contributed by atoms with Crippen LogP contribution in [-0.4, -0.2) is 18.1 Å². The van der Waals surface area contributed by atoms with Gasteiger partial charge < -0.3 is 9.73 Å². The maximum absolute atomic E-state index is 5.70. The van der Waals surface area contributed by atoms with Crippen molar-refractivity contribution in [1.29, 1.82) is 0 Å². The third-order valence-electron chi connectivity index (χ3n) is 2.30. The first-order valence-corrected chi connectivity index (χ1v) is 6.15. The molecule has 0 unspecified atom stereocenters. The molecule has 0 radical (unpaired) electrons. The van der Waals surface area contributed by atoms with Crippen LogP contribution in [0.2, 0.25) is 0 Å². The van der Waals surface area contributed by atoms with Crippen LogP contribution in [0.25, 0.3) is 0 Å². The molecule has 0 aromatic carbocycles. The fourth-order valence-corrected chi connectivity index (χ4v) is 1.61. The predicted molar refractivity (Wildman–Crippen MR) is 66.5 cm³/mol. The maximum atomic E-state index is 5.70. The van der Waals surface area contributed by atoms with Gasteiger partial charge in [0.1, 0.15) is 5.76 Å². The van der Waals surface area contributed by atoms with Gasteiger partial charge in [0.15, 0.2) is 5.89 Å². The van der Waals surface area contributed by atoms with Gasteiger partial charge in [-0.25, -0.2) is 4.98 Å². The minimum atomic E-state index is 0.264. The first-order valence-electron chi connectivity index (χ1n) is 6.15. The van der Waals surface area contributed by atoms with Gasteiger partial charge in [0, 0.05) is 12.8 Å². The molecule has 0 fully saturated rings. The van der Waals surface area contributed by atoms with E-state index in [2.05, 4.69) is 38.0 Å². The van der Waals surface area contributed by atoms with Gasteiger partial charge in [-0.15, -0.1) is 0 Å². The van der Waals surface area contributed by atoms with Crippen molar-refractivity contribution >= 4 is 0 Å². The Kier molecular flexibility index (Phi) is 5.00. The van der Waals surface area contributed by atoms with Crippen LogP contribution >= 0.6 is 0 Å². The molecule has 0 spiro atoms. The summed E-state index contributed by atoms with van der Waals surface area (Å²) in [4.78, 5) is 4.30. The maximum Gasteiger partial charge on any atom is 0.194 e. The summed E-state index contributed by atoms with van der Waals surface area (Å²) in [5.74, 6) is 1.88. The Morgan fingerprint density at radius 2 is 2.12 bits per heavy atom. The first kappa shape index (κ1) is 13.2. The number of aryl methyl sites for hydroxylation is 1. The Morgan fingerprint density at radius 1 is 1.38 bits per heavy atom. The quantitative estimate of drug-likeness (QED) is 0.755. The molecule has 1 heterocycles. The molecular formula is C13H24N2O. The van der Waals surface area contributed by atoms with Crippen LogP contribution in [-0.2, 0) is 12.8 Å². The molecular weight excluding hydrogens is 200 g/mol. The number of oxazole rings is 1. The van der Waals surface area contributed by atoms with E-state index in [1.165, 1.54) is 0 Å². The highest BCUT2D eigenvalue weighted by Crippen LogP contribution is 2.21. The second-order valence-corrected chi connectivity index (χ2v) is 5.41. The molecule has 0 aliphatic carbocycles. The number of hydrogen-bond acceptors (Lipinski definition) is 3. The molecule has 3 nitrogen and oxygen atoms in total. The summed E-state index contributed by atoms with van der Waals surface area (Å²) in [5, 5.41) is 3.29. The van der Waals surface area contributed by atoms with Gasteiger partial charge in [-0.1, -0.05) is 27.7 Å². The van der Waals surface area contributed by atoms with Crippen LogP contribution in [0.15, 0.2) is 10.6 Å². The van der Waals surface area contributed by atoms with Crippen molar-refractivity contribution in [1.82, 2.24) is 10.3 Å². The molecule has 92 valence electrons. The van der Waals surface area contributed by atoms with E-state index in [1.807, 2.05) is 6.20 Å². The summed E-state index contributed by atoms with van der Waals surface area (Å²) in [5.41, 5.74) is 0.264. The molecule has 0 saturated carbocycles. The van der Waals surface area contributed by atoms with E-state index in [0.29, 0.717) is 0 Å². The van der Waals surface area contributed by atoms with Crippen molar-refractivity contribution in [3.05, 3.63) is 17.8 Å². The molecule has 0 saturated heterocycles. The average Bonchev–Trinajstić information content (AvgIpc) is 2.58. The third-order valence-corrected chi connectivity index (χ3v) is 2.30. The smallest absolute Gasteiger partial charge is 0.194 e. The summed E-state index contributed by atoms with van der Waals surface area (Å²) < 4.78 is 5.70. The van der Waals surface area contributed by atoms with Crippen molar-refractivity contribution in [3.63, 3.8) is 0 Å². The number of hydrogen-bond donors (Lipinski definition) is 1. The largest absolute Gasteiger partial charge is 0.446 e. The molecule has 16 heavy (non-hydrogen) atoms. The second kappa shape index (κ2) is 6.04. The molecule has 1 aromatic rings. The molecule has 0 amide bonds. The zero-order valence-electron chi connectivity index (χ0n) is 11.0. The minimum absolute atomic E-state index is 0.264. The van der Waals surface area contributed by atoms with Crippen LogP contribution in [0, 0.1) is 5.41 Å². The van der Waals surface area contributed by atoms with Crippen LogP contribution in [0.3, 0.4) is 0 Å². The third kappa shape index (κ3) is 5.31. The van der Waals surface area contributed by atoms with E-state index in [-0.39, 0.29) is 5.41 Å². The molecule has 0 bridgehead atoms. The van der Waals surface area contributed by atoms with E-state index in [9.17, 15) is 0 Å². The highest BCUT2D eigenvalue weighted by molar-refractivity contribution is 4.97. The Balaban J connectivity index is 2.34. The van der Waals surface area contributed by atoms with Crippen LogP contribution in [0.1, 0.15) is 45.8 Å². The Hall–Kier alpha value is -0.830. The lowest BCUT2D eigenvalue weighted by molar-refractivity contribution is 0.351. The van der Waals surface area contributed by atoms with Crippen LogP contribution < -0.4 is 5.32 Å². The Morgan fingerprint density at radius 3 is 2.75 bits per heavy atom. The predicted octanol–water partition coefficient (Wildman–Crippen LogP) is 2.81. The molecule has 1 rings (SSSR count). The SMILES string of the molecule is CCNCCCc1ncc(CC(C)(C)C)o1. The lowest BCUT2D eigenvalue weighted by Crippen LogP contribution is -2.14. The second-order valence-electron chi connectivity index (χ2n) is 5.41. The lowest BCUT2D eigenvalue weighted by Gasteiger charge is -2.15. The van der Waals surface area contributed by atoms with Crippen molar-refractivity contribution in [2.75, 3.05) is 13.1 Å². The van der Waals surface area contributed by atoms with Gasteiger partial charge in [0.05, 0.1) is 6.20 Å². The number of rotatable bonds is 6. The van der Waals surface area contributed by atoms with Gasteiger partial charge in [0.25, 0.3) is 0 Å². The minimum Gasteiger partial charge on any atom is -0.446 e. The standard InChI is InChI=1S/C13H24N2O/c1-5-14-8-6-7-12-15-10-11(16-12)9-13(2,3)4/h10,14H,5-9H2,1-4H3. The van der Waals surface area contributed by atoms with Crippen molar-refractivity contribution in [2.45, 2.75) is 47.0 Å².